The first-order chi connectivity index (χ1) is 17.8. The van der Waals surface area contributed by atoms with Gasteiger partial charge in [0.1, 0.15) is 11.3 Å². The average Bonchev–Trinajstić information content (AvgIpc) is 3.33. The van der Waals surface area contributed by atoms with Gasteiger partial charge in [-0.2, -0.15) is 0 Å². The van der Waals surface area contributed by atoms with E-state index in [1.165, 1.54) is 11.3 Å². The molecule has 1 aromatic heterocycles. The Bertz CT molecular complexity index is 1320. The molecule has 1 aliphatic heterocycles. The summed E-state index contributed by atoms with van der Waals surface area (Å²) in [6, 6.07) is 10.7. The van der Waals surface area contributed by atoms with E-state index in [2.05, 4.69) is 4.90 Å². The first-order valence-corrected chi connectivity index (χ1v) is 15.1. The fraction of sp³-hybridized carbons (Fsp3) is 0.481. The van der Waals surface area contributed by atoms with Crippen LogP contribution in [0.4, 0.5) is 5.13 Å². The Labute approximate surface area is 223 Å². The summed E-state index contributed by atoms with van der Waals surface area (Å²) in [7, 11) is -1.83. The SMILES string of the molecule is COc1ccc(C)c2sc(N(CCCN3CCOCC3)C(=O)CCCS(=O)(=O)c3ccc(C)cc3)nc12. The zero-order valence-corrected chi connectivity index (χ0v) is 23.4. The molecule has 3 aromatic rings. The van der Waals surface area contributed by atoms with Gasteiger partial charge in [-0.15, -0.1) is 0 Å². The molecular formula is C27H35N3O5S2. The van der Waals surface area contributed by atoms with Crippen molar-refractivity contribution in [3.8, 4) is 5.75 Å². The lowest BCUT2D eigenvalue weighted by Crippen LogP contribution is -2.39. The molecule has 1 saturated heterocycles. The number of anilines is 1. The van der Waals surface area contributed by atoms with Crippen molar-refractivity contribution in [3.63, 3.8) is 0 Å². The van der Waals surface area contributed by atoms with E-state index in [0.717, 1.165) is 60.6 Å². The van der Waals surface area contributed by atoms with Crippen LogP contribution < -0.4 is 9.64 Å². The standard InChI is InChI=1S/C27H35N3O5S2/c1-20-7-10-22(11-8-20)37(32,33)19-4-6-24(31)30(14-5-13-29-15-17-35-18-16-29)27-28-25-23(34-3)12-9-21(2)26(25)36-27/h7-12H,4-6,13-19H2,1-3H3. The molecule has 1 aliphatic rings. The third-order valence-corrected chi connectivity index (χ3v) is 9.62. The molecule has 0 N–H and O–H groups in total. The van der Waals surface area contributed by atoms with Gasteiger partial charge in [0, 0.05) is 32.6 Å². The number of sulfone groups is 1. The second kappa shape index (κ2) is 12.3. The number of amides is 1. The van der Waals surface area contributed by atoms with E-state index in [4.69, 9.17) is 14.5 Å². The first-order valence-electron chi connectivity index (χ1n) is 12.6. The lowest BCUT2D eigenvalue weighted by atomic mass is 10.2. The van der Waals surface area contributed by atoms with Crippen molar-refractivity contribution in [2.24, 2.45) is 0 Å². The Balaban J connectivity index is 1.48. The van der Waals surface area contributed by atoms with Gasteiger partial charge in [-0.25, -0.2) is 13.4 Å². The van der Waals surface area contributed by atoms with Crippen LogP contribution in [0.15, 0.2) is 41.3 Å². The van der Waals surface area contributed by atoms with Gasteiger partial charge in [-0.05, 0) is 50.5 Å². The number of aromatic nitrogens is 1. The molecule has 0 aliphatic carbocycles. The van der Waals surface area contributed by atoms with Crippen molar-refractivity contribution < 1.29 is 22.7 Å². The maximum absolute atomic E-state index is 13.4. The second-order valence-electron chi connectivity index (χ2n) is 9.35. The van der Waals surface area contributed by atoms with E-state index >= 15 is 0 Å². The molecule has 0 unspecified atom stereocenters. The highest BCUT2D eigenvalue weighted by Crippen LogP contribution is 2.36. The van der Waals surface area contributed by atoms with Crippen molar-refractivity contribution >= 4 is 42.4 Å². The molecule has 0 spiro atoms. The van der Waals surface area contributed by atoms with Gasteiger partial charge in [0.05, 0.1) is 35.7 Å². The molecule has 2 heterocycles. The van der Waals surface area contributed by atoms with Gasteiger partial charge in [-0.3, -0.25) is 14.6 Å². The Kier molecular flexibility index (Phi) is 9.17. The number of aryl methyl sites for hydroxylation is 2. The summed E-state index contributed by atoms with van der Waals surface area (Å²) >= 11 is 1.48. The molecule has 0 atom stereocenters. The number of rotatable bonds is 11. The monoisotopic (exact) mass is 545 g/mol. The van der Waals surface area contributed by atoms with Gasteiger partial charge in [0.15, 0.2) is 15.0 Å². The van der Waals surface area contributed by atoms with Crippen molar-refractivity contribution in [2.45, 2.75) is 38.0 Å². The largest absolute Gasteiger partial charge is 0.494 e. The normalized spacial score (nSPS) is 14.7. The average molecular weight is 546 g/mol. The number of carbonyl (C=O) groups is 1. The molecule has 10 heteroatoms. The topological polar surface area (TPSA) is 89.0 Å². The number of methoxy groups -OCH3 is 1. The molecule has 0 saturated carbocycles. The predicted octanol–water partition coefficient (Wildman–Crippen LogP) is 4.23. The highest BCUT2D eigenvalue weighted by molar-refractivity contribution is 7.91. The second-order valence-corrected chi connectivity index (χ2v) is 12.4. The number of carbonyl (C=O) groups excluding carboxylic acids is 1. The minimum absolute atomic E-state index is 0.0732. The van der Waals surface area contributed by atoms with Gasteiger partial charge in [-0.1, -0.05) is 35.1 Å². The summed E-state index contributed by atoms with van der Waals surface area (Å²) in [5.41, 5.74) is 2.82. The Morgan fingerprint density at radius 1 is 1.11 bits per heavy atom. The van der Waals surface area contributed by atoms with Crippen LogP contribution in [0.25, 0.3) is 10.2 Å². The molecule has 2 aromatic carbocycles. The Hall–Kier alpha value is -2.53. The minimum Gasteiger partial charge on any atom is -0.494 e. The third kappa shape index (κ3) is 6.87. The van der Waals surface area contributed by atoms with E-state index in [1.54, 1.807) is 36.3 Å². The molecule has 0 bridgehead atoms. The van der Waals surface area contributed by atoms with Gasteiger partial charge in [0.2, 0.25) is 5.91 Å². The van der Waals surface area contributed by atoms with Crippen LogP contribution in [-0.4, -0.2) is 76.5 Å². The molecule has 0 radical (unpaired) electrons. The number of hydrogen-bond donors (Lipinski definition) is 0. The summed E-state index contributed by atoms with van der Waals surface area (Å²) in [6.45, 7) is 8.56. The van der Waals surface area contributed by atoms with E-state index in [0.29, 0.717) is 22.3 Å². The van der Waals surface area contributed by atoms with Crippen LogP contribution in [0.2, 0.25) is 0 Å². The molecule has 1 fully saturated rings. The summed E-state index contributed by atoms with van der Waals surface area (Å²) in [5.74, 6) is 0.487. The van der Waals surface area contributed by atoms with E-state index in [1.807, 2.05) is 26.0 Å². The van der Waals surface area contributed by atoms with E-state index in [-0.39, 0.29) is 24.5 Å². The fourth-order valence-corrected chi connectivity index (χ4v) is 6.80. The first kappa shape index (κ1) is 27.5. The third-order valence-electron chi connectivity index (χ3n) is 6.59. The quantitative estimate of drug-likeness (QED) is 0.356. The number of fused-ring (bicyclic) bond motifs is 1. The molecular weight excluding hydrogens is 510 g/mol. The molecule has 37 heavy (non-hydrogen) atoms. The number of nitrogens with zero attached hydrogens (tertiary/aromatic N) is 3. The lowest BCUT2D eigenvalue weighted by Gasteiger charge is -2.27. The van der Waals surface area contributed by atoms with Crippen LogP contribution in [-0.2, 0) is 19.4 Å². The number of morpholine rings is 1. The van der Waals surface area contributed by atoms with Gasteiger partial charge >= 0.3 is 0 Å². The van der Waals surface area contributed by atoms with Crippen molar-refractivity contribution in [2.75, 3.05) is 57.2 Å². The van der Waals surface area contributed by atoms with Gasteiger partial charge in [0.25, 0.3) is 0 Å². The zero-order chi connectivity index (χ0) is 26.4. The minimum atomic E-state index is -3.45. The summed E-state index contributed by atoms with van der Waals surface area (Å²) < 4.78 is 37.5. The Morgan fingerprint density at radius 2 is 1.84 bits per heavy atom. The lowest BCUT2D eigenvalue weighted by molar-refractivity contribution is -0.118. The van der Waals surface area contributed by atoms with E-state index in [9.17, 15) is 13.2 Å². The smallest absolute Gasteiger partial charge is 0.228 e. The molecule has 1 amide bonds. The zero-order valence-electron chi connectivity index (χ0n) is 21.7. The van der Waals surface area contributed by atoms with Crippen LogP contribution in [0, 0.1) is 13.8 Å². The van der Waals surface area contributed by atoms with Crippen LogP contribution >= 0.6 is 11.3 Å². The van der Waals surface area contributed by atoms with Crippen LogP contribution in [0.5, 0.6) is 5.75 Å². The highest BCUT2D eigenvalue weighted by atomic mass is 32.2. The van der Waals surface area contributed by atoms with Crippen LogP contribution in [0.1, 0.15) is 30.4 Å². The Morgan fingerprint density at radius 3 is 2.54 bits per heavy atom. The predicted molar refractivity (Wildman–Crippen MR) is 148 cm³/mol. The summed E-state index contributed by atoms with van der Waals surface area (Å²) in [6.07, 6.45) is 1.18. The van der Waals surface area contributed by atoms with Crippen molar-refractivity contribution in [1.82, 2.24) is 9.88 Å². The molecule has 4 rings (SSSR count). The van der Waals surface area contributed by atoms with Crippen LogP contribution in [0.3, 0.4) is 0 Å². The van der Waals surface area contributed by atoms with Crippen molar-refractivity contribution in [1.29, 1.82) is 0 Å². The molecule has 8 nitrogen and oxygen atoms in total. The number of hydrogen-bond acceptors (Lipinski definition) is 8. The van der Waals surface area contributed by atoms with Gasteiger partial charge < -0.3 is 9.47 Å². The maximum Gasteiger partial charge on any atom is 0.228 e. The number of ether oxygens (including phenoxy) is 2. The number of benzene rings is 2. The number of thiazole rings is 1. The van der Waals surface area contributed by atoms with Crippen molar-refractivity contribution in [3.05, 3.63) is 47.5 Å². The summed E-state index contributed by atoms with van der Waals surface area (Å²) in [4.78, 5) is 22.6. The maximum atomic E-state index is 13.4. The fourth-order valence-electron chi connectivity index (χ4n) is 4.39. The van der Waals surface area contributed by atoms with E-state index < -0.39 is 9.84 Å². The summed E-state index contributed by atoms with van der Waals surface area (Å²) in [5, 5.41) is 0.621. The molecule has 200 valence electrons. The highest BCUT2D eigenvalue weighted by Gasteiger charge is 2.23.